The van der Waals surface area contributed by atoms with Crippen LogP contribution >= 0.6 is 0 Å². The van der Waals surface area contributed by atoms with E-state index in [2.05, 4.69) is 4.98 Å². The van der Waals surface area contributed by atoms with Crippen molar-refractivity contribution < 1.29 is 5.11 Å². The molecule has 3 aromatic rings. The molecule has 1 N–H and O–H groups in total. The summed E-state index contributed by atoms with van der Waals surface area (Å²) in [5.41, 5.74) is 1.55. The quantitative estimate of drug-likeness (QED) is 0.799. The normalized spacial score (nSPS) is 13.8. The number of hydrogen-bond acceptors (Lipinski definition) is 2. The smallest absolute Gasteiger partial charge is 0.173 e. The van der Waals surface area contributed by atoms with E-state index in [4.69, 9.17) is 0 Å². The first-order valence-electron chi connectivity index (χ1n) is 7.53. The number of benzene rings is 2. The Hall–Kier alpha value is -2.39. The molecule has 3 nitrogen and oxygen atoms in total. The van der Waals surface area contributed by atoms with Crippen LogP contribution < -0.4 is 0 Å². The molecule has 2 aromatic carbocycles. The van der Waals surface area contributed by atoms with Gasteiger partial charge in [0.2, 0.25) is 0 Å². The molecular formula is C19H20N2O. The molecule has 0 amide bonds. The average molecular weight is 292 g/mol. The zero-order valence-electron chi connectivity index (χ0n) is 12.9. The lowest BCUT2D eigenvalue weighted by atomic mass is 9.85. The van der Waals surface area contributed by atoms with Gasteiger partial charge in [-0.15, -0.1) is 0 Å². The Balaban J connectivity index is 2.25. The third-order valence-electron chi connectivity index (χ3n) is 4.04. The van der Waals surface area contributed by atoms with Crippen LogP contribution in [0.1, 0.15) is 29.4 Å². The molecule has 1 aromatic heterocycles. The van der Waals surface area contributed by atoms with Crippen LogP contribution in [0.3, 0.4) is 0 Å². The Labute approximate surface area is 130 Å². The minimum absolute atomic E-state index is 0.644. The van der Waals surface area contributed by atoms with Crippen LogP contribution in [-0.4, -0.2) is 14.7 Å². The van der Waals surface area contributed by atoms with E-state index < -0.39 is 5.60 Å². The molecule has 3 rings (SSSR count). The summed E-state index contributed by atoms with van der Waals surface area (Å²) in [7, 11) is 0. The Morgan fingerprint density at radius 3 is 2.27 bits per heavy atom. The standard InChI is InChI=1S/C19H20N2O/c1-3-21-14-13-20-18(21)19(22,16-7-5-4-6-8-16)17-11-9-15(2)10-12-17/h4-14,22H,3H2,1-2H3/t19-/m0/s1. The topological polar surface area (TPSA) is 38.0 Å². The van der Waals surface area contributed by atoms with Crippen LogP contribution in [0.2, 0.25) is 0 Å². The van der Waals surface area contributed by atoms with Gasteiger partial charge < -0.3 is 9.67 Å². The average Bonchev–Trinajstić information content (AvgIpc) is 3.05. The molecular weight excluding hydrogens is 272 g/mol. The second-order valence-electron chi connectivity index (χ2n) is 5.48. The van der Waals surface area contributed by atoms with Gasteiger partial charge in [0.05, 0.1) is 0 Å². The summed E-state index contributed by atoms with van der Waals surface area (Å²) in [6.07, 6.45) is 3.64. The van der Waals surface area contributed by atoms with E-state index in [1.807, 2.05) is 79.2 Å². The molecule has 3 heteroatoms. The molecule has 1 atom stereocenters. The van der Waals surface area contributed by atoms with Gasteiger partial charge in [0, 0.05) is 18.9 Å². The highest BCUT2D eigenvalue weighted by molar-refractivity contribution is 5.43. The Morgan fingerprint density at radius 1 is 1.00 bits per heavy atom. The molecule has 0 saturated carbocycles. The first kappa shape index (κ1) is 14.5. The predicted molar refractivity (Wildman–Crippen MR) is 87.6 cm³/mol. The van der Waals surface area contributed by atoms with Crippen molar-refractivity contribution in [1.82, 2.24) is 9.55 Å². The molecule has 0 saturated heterocycles. The van der Waals surface area contributed by atoms with E-state index in [1.165, 1.54) is 0 Å². The van der Waals surface area contributed by atoms with Gasteiger partial charge in [0.15, 0.2) is 5.60 Å². The minimum atomic E-state index is -1.26. The highest BCUT2D eigenvalue weighted by Gasteiger charge is 2.37. The molecule has 0 spiro atoms. The zero-order valence-corrected chi connectivity index (χ0v) is 12.9. The van der Waals surface area contributed by atoms with Crippen LogP contribution in [0.25, 0.3) is 0 Å². The van der Waals surface area contributed by atoms with Crippen LogP contribution in [-0.2, 0) is 12.1 Å². The fourth-order valence-electron chi connectivity index (χ4n) is 2.78. The van der Waals surface area contributed by atoms with Crippen LogP contribution in [0, 0.1) is 6.92 Å². The fraction of sp³-hybridized carbons (Fsp3) is 0.211. The first-order chi connectivity index (χ1) is 10.7. The van der Waals surface area contributed by atoms with Crippen molar-refractivity contribution >= 4 is 0 Å². The van der Waals surface area contributed by atoms with Gasteiger partial charge in [-0.05, 0) is 25.0 Å². The first-order valence-corrected chi connectivity index (χ1v) is 7.53. The maximum absolute atomic E-state index is 11.6. The molecule has 0 bridgehead atoms. The molecule has 22 heavy (non-hydrogen) atoms. The van der Waals surface area contributed by atoms with E-state index in [-0.39, 0.29) is 0 Å². The number of aliphatic hydroxyl groups is 1. The van der Waals surface area contributed by atoms with Gasteiger partial charge in [-0.1, -0.05) is 60.2 Å². The molecule has 0 unspecified atom stereocenters. The summed E-state index contributed by atoms with van der Waals surface area (Å²) in [4.78, 5) is 4.45. The van der Waals surface area contributed by atoms with Gasteiger partial charge in [0.1, 0.15) is 5.82 Å². The van der Waals surface area contributed by atoms with E-state index >= 15 is 0 Å². The Morgan fingerprint density at radius 2 is 1.64 bits per heavy atom. The predicted octanol–water partition coefficient (Wildman–Crippen LogP) is 3.50. The summed E-state index contributed by atoms with van der Waals surface area (Å²) in [5.74, 6) is 0.644. The summed E-state index contributed by atoms with van der Waals surface area (Å²) >= 11 is 0. The molecule has 0 radical (unpaired) electrons. The van der Waals surface area contributed by atoms with Gasteiger partial charge in [0.25, 0.3) is 0 Å². The third-order valence-corrected chi connectivity index (χ3v) is 4.04. The second-order valence-corrected chi connectivity index (χ2v) is 5.48. The lowest BCUT2D eigenvalue weighted by molar-refractivity contribution is 0.111. The molecule has 112 valence electrons. The summed E-state index contributed by atoms with van der Waals surface area (Å²) in [5, 5.41) is 11.6. The van der Waals surface area contributed by atoms with Crippen molar-refractivity contribution in [2.24, 2.45) is 0 Å². The summed E-state index contributed by atoms with van der Waals surface area (Å²) < 4.78 is 1.98. The number of nitrogens with zero attached hydrogens (tertiary/aromatic N) is 2. The van der Waals surface area contributed by atoms with Crippen molar-refractivity contribution in [3.8, 4) is 0 Å². The molecule has 1 heterocycles. The number of imidazole rings is 1. The molecule has 0 fully saturated rings. The van der Waals surface area contributed by atoms with Gasteiger partial charge in [-0.25, -0.2) is 4.98 Å². The maximum Gasteiger partial charge on any atom is 0.173 e. The monoisotopic (exact) mass is 292 g/mol. The molecule has 0 aliphatic carbocycles. The zero-order chi connectivity index (χ0) is 15.6. The van der Waals surface area contributed by atoms with Gasteiger partial charge >= 0.3 is 0 Å². The van der Waals surface area contributed by atoms with Gasteiger partial charge in [-0.2, -0.15) is 0 Å². The molecule has 0 aliphatic heterocycles. The van der Waals surface area contributed by atoms with E-state index in [1.54, 1.807) is 6.20 Å². The Kier molecular flexibility index (Phi) is 3.82. The van der Waals surface area contributed by atoms with Crippen LogP contribution in [0.4, 0.5) is 0 Å². The maximum atomic E-state index is 11.6. The number of rotatable bonds is 4. The van der Waals surface area contributed by atoms with E-state index in [0.717, 1.165) is 23.2 Å². The van der Waals surface area contributed by atoms with Crippen molar-refractivity contribution in [3.63, 3.8) is 0 Å². The van der Waals surface area contributed by atoms with Crippen molar-refractivity contribution in [2.45, 2.75) is 26.0 Å². The highest BCUT2D eigenvalue weighted by Crippen LogP contribution is 2.35. The highest BCUT2D eigenvalue weighted by atomic mass is 16.3. The SMILES string of the molecule is CCn1ccnc1[C@](O)(c1ccccc1)c1ccc(C)cc1. The van der Waals surface area contributed by atoms with Crippen LogP contribution in [0.15, 0.2) is 67.0 Å². The number of aryl methyl sites for hydroxylation is 2. The van der Waals surface area contributed by atoms with E-state index in [9.17, 15) is 5.11 Å². The lowest BCUT2D eigenvalue weighted by Gasteiger charge is -2.29. The number of aromatic nitrogens is 2. The van der Waals surface area contributed by atoms with Gasteiger partial charge in [-0.3, -0.25) is 0 Å². The molecule has 0 aliphatic rings. The second kappa shape index (κ2) is 5.78. The van der Waals surface area contributed by atoms with Crippen molar-refractivity contribution in [2.75, 3.05) is 0 Å². The minimum Gasteiger partial charge on any atom is -0.373 e. The van der Waals surface area contributed by atoms with Crippen molar-refractivity contribution in [1.29, 1.82) is 0 Å². The Bertz CT molecular complexity index is 747. The van der Waals surface area contributed by atoms with Crippen LogP contribution in [0.5, 0.6) is 0 Å². The summed E-state index contributed by atoms with van der Waals surface area (Å²) in [6, 6.07) is 17.7. The largest absolute Gasteiger partial charge is 0.373 e. The fourth-order valence-corrected chi connectivity index (χ4v) is 2.78. The third kappa shape index (κ3) is 2.34. The summed E-state index contributed by atoms with van der Waals surface area (Å²) in [6.45, 7) is 4.85. The number of hydrogen-bond donors (Lipinski definition) is 1. The van der Waals surface area contributed by atoms with Crippen molar-refractivity contribution in [3.05, 3.63) is 89.5 Å². The van der Waals surface area contributed by atoms with E-state index in [0.29, 0.717) is 5.82 Å². The lowest BCUT2D eigenvalue weighted by Crippen LogP contribution is -2.32.